The number of ketones is 1. The zero-order valence-corrected chi connectivity index (χ0v) is 22.7. The van der Waals surface area contributed by atoms with E-state index in [2.05, 4.69) is 16.4 Å². The lowest BCUT2D eigenvalue weighted by Gasteiger charge is -2.29. The Kier molecular flexibility index (Phi) is 8.69. The topological polar surface area (TPSA) is 79.9 Å². The lowest BCUT2D eigenvalue weighted by atomic mass is 10.0. The van der Waals surface area contributed by atoms with Gasteiger partial charge in [0.1, 0.15) is 5.82 Å². The first-order valence-electron chi connectivity index (χ1n) is 13.2. The van der Waals surface area contributed by atoms with E-state index < -0.39 is 0 Å². The van der Waals surface area contributed by atoms with Gasteiger partial charge in [0.15, 0.2) is 5.78 Å². The molecule has 1 atom stereocenters. The van der Waals surface area contributed by atoms with Gasteiger partial charge in [0.2, 0.25) is 11.7 Å². The number of anilines is 1. The fraction of sp³-hybridized carbons (Fsp3) is 0.500. The number of carbonyl (C=O) groups excluding carboxylic acids is 2. The van der Waals surface area contributed by atoms with E-state index in [4.69, 9.17) is 16.6 Å². The molecule has 0 radical (unpaired) electrons. The number of hydrogen-bond acceptors (Lipinski definition) is 5. The van der Waals surface area contributed by atoms with Crippen LogP contribution in [0.2, 0.25) is 5.02 Å². The van der Waals surface area contributed by atoms with Crippen molar-refractivity contribution in [1.29, 1.82) is 0 Å². The Balaban J connectivity index is 1.68. The predicted molar refractivity (Wildman–Crippen MR) is 147 cm³/mol. The molecule has 1 aliphatic rings. The third-order valence-corrected chi connectivity index (χ3v) is 7.30. The molecule has 0 spiro atoms. The molecule has 4 rings (SSSR count). The highest BCUT2D eigenvalue weighted by atomic mass is 35.5. The van der Waals surface area contributed by atoms with Crippen LogP contribution in [0.25, 0.3) is 17.0 Å². The lowest BCUT2D eigenvalue weighted by molar-refractivity contribution is -0.128. The monoisotopic (exact) mass is 525 g/mol. The molecule has 2 aromatic heterocycles. The standard InChI is InChI=1S/C28H36ClN5O3/c1-4-5-6-16-33-25(32-17-8-9-23(32)24(35)10-7-11-26(36)31(2)3)18-27(37)34-19-22(30-28(33)34)20-12-14-21(29)15-13-20/h12-15,18-19,23H,4-11,16-17H2,1-3H3/t23-/m0/s1. The zero-order valence-electron chi connectivity index (χ0n) is 22.0. The van der Waals surface area contributed by atoms with Crippen LogP contribution in [-0.4, -0.2) is 57.2 Å². The number of unbranched alkanes of at least 4 members (excludes halogenated alkanes) is 2. The summed E-state index contributed by atoms with van der Waals surface area (Å²) in [6.07, 6.45) is 7.74. The van der Waals surface area contributed by atoms with Crippen molar-refractivity contribution in [2.75, 3.05) is 25.5 Å². The molecule has 1 fully saturated rings. The Morgan fingerprint density at radius 3 is 2.57 bits per heavy atom. The highest BCUT2D eigenvalue weighted by Gasteiger charge is 2.32. The molecule has 198 valence electrons. The van der Waals surface area contributed by atoms with E-state index in [0.29, 0.717) is 48.8 Å². The highest BCUT2D eigenvalue weighted by Crippen LogP contribution is 2.29. The van der Waals surface area contributed by atoms with E-state index >= 15 is 0 Å². The average molecular weight is 526 g/mol. The molecule has 37 heavy (non-hydrogen) atoms. The molecule has 8 nitrogen and oxygen atoms in total. The summed E-state index contributed by atoms with van der Waals surface area (Å²) < 4.78 is 3.69. The average Bonchev–Trinajstić information content (AvgIpc) is 3.54. The number of halogens is 1. The number of Topliss-reactive ketones (excluding diaryl/α,β-unsaturated/α-hetero) is 1. The van der Waals surface area contributed by atoms with Crippen molar-refractivity contribution in [1.82, 2.24) is 18.9 Å². The largest absolute Gasteiger partial charge is 0.349 e. The molecule has 3 aromatic rings. The van der Waals surface area contributed by atoms with E-state index in [0.717, 1.165) is 43.5 Å². The quantitative estimate of drug-likeness (QED) is 0.336. The maximum absolute atomic E-state index is 13.3. The smallest absolute Gasteiger partial charge is 0.261 e. The third-order valence-electron chi connectivity index (χ3n) is 7.05. The molecule has 0 bridgehead atoms. The highest BCUT2D eigenvalue weighted by molar-refractivity contribution is 6.30. The van der Waals surface area contributed by atoms with Crippen LogP contribution in [-0.2, 0) is 16.1 Å². The van der Waals surface area contributed by atoms with Crippen molar-refractivity contribution in [3.05, 3.63) is 51.9 Å². The molecule has 1 aromatic carbocycles. The number of aromatic nitrogens is 3. The second-order valence-electron chi connectivity index (χ2n) is 9.96. The summed E-state index contributed by atoms with van der Waals surface area (Å²) in [5, 5.41) is 0.643. The Hall–Kier alpha value is -3.13. The van der Waals surface area contributed by atoms with Crippen LogP contribution in [0.3, 0.4) is 0 Å². The number of benzene rings is 1. The molecular formula is C28H36ClN5O3. The minimum atomic E-state index is -0.292. The van der Waals surface area contributed by atoms with E-state index in [-0.39, 0.29) is 23.3 Å². The van der Waals surface area contributed by atoms with E-state index in [1.165, 1.54) is 0 Å². The first kappa shape index (κ1) is 26.9. The molecule has 9 heteroatoms. The van der Waals surface area contributed by atoms with Gasteiger partial charge >= 0.3 is 0 Å². The van der Waals surface area contributed by atoms with Crippen LogP contribution in [0.1, 0.15) is 58.3 Å². The van der Waals surface area contributed by atoms with Crippen molar-refractivity contribution < 1.29 is 9.59 Å². The van der Waals surface area contributed by atoms with E-state index in [9.17, 15) is 14.4 Å². The van der Waals surface area contributed by atoms with Crippen molar-refractivity contribution in [2.45, 2.75) is 70.9 Å². The number of fused-ring (bicyclic) bond motifs is 1. The Bertz CT molecular complexity index is 1310. The minimum absolute atomic E-state index is 0.0297. The summed E-state index contributed by atoms with van der Waals surface area (Å²) in [5.74, 6) is 1.49. The Morgan fingerprint density at radius 1 is 1.11 bits per heavy atom. The summed E-state index contributed by atoms with van der Waals surface area (Å²) in [7, 11) is 3.45. The Labute approximate surface area is 222 Å². The molecule has 0 N–H and O–H groups in total. The second-order valence-corrected chi connectivity index (χ2v) is 10.4. The molecule has 0 aliphatic carbocycles. The number of aryl methyl sites for hydroxylation is 1. The molecule has 1 saturated heterocycles. The van der Waals surface area contributed by atoms with Gasteiger partial charge in [-0.05, 0) is 37.8 Å². The number of imidazole rings is 1. The third kappa shape index (κ3) is 6.06. The summed E-state index contributed by atoms with van der Waals surface area (Å²) in [6.45, 7) is 3.58. The number of rotatable bonds is 11. The van der Waals surface area contributed by atoms with Crippen LogP contribution >= 0.6 is 11.6 Å². The van der Waals surface area contributed by atoms with Gasteiger partial charge in [0.05, 0.1) is 11.7 Å². The number of hydrogen-bond donors (Lipinski definition) is 0. The number of amides is 1. The fourth-order valence-corrected chi connectivity index (χ4v) is 5.12. The summed E-state index contributed by atoms with van der Waals surface area (Å²) >= 11 is 6.06. The molecule has 3 heterocycles. The molecule has 1 aliphatic heterocycles. The van der Waals surface area contributed by atoms with E-state index in [1.807, 2.05) is 24.3 Å². The first-order chi connectivity index (χ1) is 17.8. The minimum Gasteiger partial charge on any atom is -0.349 e. The van der Waals surface area contributed by atoms with Crippen LogP contribution in [0, 0.1) is 0 Å². The molecular weight excluding hydrogens is 490 g/mol. The van der Waals surface area contributed by atoms with Gasteiger partial charge in [-0.15, -0.1) is 0 Å². The van der Waals surface area contributed by atoms with Gasteiger partial charge in [0, 0.05) is 62.9 Å². The first-order valence-corrected chi connectivity index (χ1v) is 13.6. The van der Waals surface area contributed by atoms with Crippen LogP contribution < -0.4 is 10.5 Å². The van der Waals surface area contributed by atoms with Gasteiger partial charge in [0.25, 0.3) is 5.56 Å². The van der Waals surface area contributed by atoms with Crippen LogP contribution in [0.4, 0.5) is 5.82 Å². The van der Waals surface area contributed by atoms with Gasteiger partial charge in [-0.3, -0.25) is 23.4 Å². The van der Waals surface area contributed by atoms with E-state index in [1.54, 1.807) is 35.7 Å². The van der Waals surface area contributed by atoms with Crippen molar-refractivity contribution >= 4 is 34.9 Å². The summed E-state index contributed by atoms with van der Waals surface area (Å²) in [4.78, 5) is 46.9. The summed E-state index contributed by atoms with van der Waals surface area (Å²) in [6, 6.07) is 8.77. The maximum Gasteiger partial charge on any atom is 0.261 e. The predicted octanol–water partition coefficient (Wildman–Crippen LogP) is 4.80. The molecule has 1 amide bonds. The van der Waals surface area contributed by atoms with Gasteiger partial charge in [-0.2, -0.15) is 0 Å². The van der Waals surface area contributed by atoms with Gasteiger partial charge in [-0.1, -0.05) is 43.5 Å². The Morgan fingerprint density at radius 2 is 1.86 bits per heavy atom. The normalized spacial score (nSPS) is 15.5. The van der Waals surface area contributed by atoms with Crippen molar-refractivity contribution in [3.8, 4) is 11.3 Å². The zero-order chi connectivity index (χ0) is 26.5. The fourth-order valence-electron chi connectivity index (χ4n) is 5.00. The van der Waals surface area contributed by atoms with Crippen molar-refractivity contribution in [3.63, 3.8) is 0 Å². The molecule has 0 unspecified atom stereocenters. The summed E-state index contributed by atoms with van der Waals surface area (Å²) in [5.41, 5.74) is 1.42. The second kappa shape index (κ2) is 11.9. The van der Waals surface area contributed by atoms with Gasteiger partial charge in [-0.25, -0.2) is 4.98 Å². The van der Waals surface area contributed by atoms with Crippen LogP contribution in [0.5, 0.6) is 0 Å². The lowest BCUT2D eigenvalue weighted by Crippen LogP contribution is -2.39. The molecule has 0 saturated carbocycles. The van der Waals surface area contributed by atoms with Gasteiger partial charge < -0.3 is 9.80 Å². The van der Waals surface area contributed by atoms with Crippen molar-refractivity contribution in [2.24, 2.45) is 0 Å². The van der Waals surface area contributed by atoms with Crippen LogP contribution in [0.15, 0.2) is 41.3 Å². The number of carbonyl (C=O) groups is 2. The SMILES string of the molecule is CCCCCn1c(N2CCC[C@H]2C(=O)CCCC(=O)N(C)C)cc(=O)n2cc(-c3ccc(Cl)cc3)nc12. The maximum atomic E-state index is 13.3. The number of nitrogens with zero attached hydrogens (tertiary/aromatic N) is 5.